The van der Waals surface area contributed by atoms with Gasteiger partial charge in [-0.3, -0.25) is 0 Å². The summed E-state index contributed by atoms with van der Waals surface area (Å²) in [6.07, 6.45) is -9.49. The van der Waals surface area contributed by atoms with E-state index in [1.54, 1.807) is 0 Å². The smallest absolute Gasteiger partial charge is 0.374 e. The third-order valence-electron chi connectivity index (χ3n) is 7.25. The van der Waals surface area contributed by atoms with Gasteiger partial charge in [0.2, 0.25) is 0 Å². The molecule has 0 bridgehead atoms. The number of alkyl halides is 3. The van der Waals surface area contributed by atoms with Crippen LogP contribution >= 0.6 is 0 Å². The Balaban J connectivity index is 1.43. The number of hydrogen-bond acceptors (Lipinski definition) is 6. The molecule has 4 aromatic carbocycles. The molecule has 0 spiro atoms. The average molecular weight is 623 g/mol. The van der Waals surface area contributed by atoms with Gasteiger partial charge in [0, 0.05) is 0 Å². The maximum Gasteiger partial charge on any atom is 0.411 e. The molecule has 238 valence electrons. The van der Waals surface area contributed by atoms with Gasteiger partial charge in [0.05, 0.1) is 33.0 Å². The van der Waals surface area contributed by atoms with Gasteiger partial charge in [-0.1, -0.05) is 121 Å². The van der Waals surface area contributed by atoms with E-state index in [2.05, 4.69) is 0 Å². The molecule has 45 heavy (non-hydrogen) atoms. The summed E-state index contributed by atoms with van der Waals surface area (Å²) in [6, 6.07) is 38.1. The topological polar surface area (TPSA) is 55.4 Å². The summed E-state index contributed by atoms with van der Waals surface area (Å²) in [6.45, 7) is -0.714. The summed E-state index contributed by atoms with van der Waals surface area (Å²) in [5, 5.41) is 0. The first-order valence-electron chi connectivity index (χ1n) is 14.9. The largest absolute Gasteiger partial charge is 0.411 e. The number of rotatable bonds is 15. The van der Waals surface area contributed by atoms with Gasteiger partial charge in [-0.2, -0.15) is 13.2 Å². The van der Waals surface area contributed by atoms with Crippen LogP contribution in [0.5, 0.6) is 0 Å². The van der Waals surface area contributed by atoms with Crippen molar-refractivity contribution in [1.29, 1.82) is 0 Å². The SMILES string of the molecule is FC(F)(F)CO[C@@H]1OC(COCc2ccccc2)[C@@H](OCc2ccccc2)C(OCc2ccccc2)C1OCc1ccccc1. The second kappa shape index (κ2) is 16.7. The van der Waals surface area contributed by atoms with Crippen LogP contribution in [0.1, 0.15) is 22.3 Å². The Labute approximate surface area is 261 Å². The van der Waals surface area contributed by atoms with Gasteiger partial charge in [0.25, 0.3) is 0 Å². The van der Waals surface area contributed by atoms with E-state index >= 15 is 0 Å². The van der Waals surface area contributed by atoms with E-state index < -0.39 is 43.5 Å². The summed E-state index contributed by atoms with van der Waals surface area (Å²) < 4.78 is 77.2. The fourth-order valence-electron chi connectivity index (χ4n) is 5.06. The van der Waals surface area contributed by atoms with Gasteiger partial charge in [-0.15, -0.1) is 0 Å². The normalized spacial score (nSPS) is 21.9. The predicted octanol–water partition coefficient (Wildman–Crippen LogP) is 7.26. The van der Waals surface area contributed by atoms with E-state index in [9.17, 15) is 13.2 Å². The van der Waals surface area contributed by atoms with Gasteiger partial charge in [0.1, 0.15) is 31.0 Å². The third-order valence-corrected chi connectivity index (χ3v) is 7.25. The number of ether oxygens (including phenoxy) is 6. The van der Waals surface area contributed by atoms with Crippen molar-refractivity contribution in [2.24, 2.45) is 0 Å². The van der Waals surface area contributed by atoms with Crippen molar-refractivity contribution in [3.05, 3.63) is 144 Å². The molecule has 5 rings (SSSR count). The van der Waals surface area contributed by atoms with E-state index in [4.69, 9.17) is 28.4 Å². The lowest BCUT2D eigenvalue weighted by Crippen LogP contribution is -2.62. The summed E-state index contributed by atoms with van der Waals surface area (Å²) in [5.74, 6) is 0. The molecule has 1 fully saturated rings. The van der Waals surface area contributed by atoms with E-state index in [0.717, 1.165) is 22.3 Å². The molecular weight excluding hydrogens is 585 g/mol. The minimum Gasteiger partial charge on any atom is -0.374 e. The highest BCUT2D eigenvalue weighted by Crippen LogP contribution is 2.32. The molecule has 1 aliphatic heterocycles. The van der Waals surface area contributed by atoms with Gasteiger partial charge < -0.3 is 28.4 Å². The number of halogens is 3. The lowest BCUT2D eigenvalue weighted by Gasteiger charge is -2.46. The molecule has 0 aliphatic carbocycles. The Kier molecular flexibility index (Phi) is 12.1. The minimum absolute atomic E-state index is 0.0246. The van der Waals surface area contributed by atoms with Crippen molar-refractivity contribution >= 4 is 0 Å². The van der Waals surface area contributed by atoms with Gasteiger partial charge >= 0.3 is 6.18 Å². The van der Waals surface area contributed by atoms with Crippen molar-refractivity contribution in [1.82, 2.24) is 0 Å². The van der Waals surface area contributed by atoms with Crippen molar-refractivity contribution in [3.8, 4) is 0 Å². The Hall–Kier alpha value is -3.57. The molecule has 0 aromatic heterocycles. The third kappa shape index (κ3) is 10.5. The van der Waals surface area contributed by atoms with Crippen LogP contribution in [0.3, 0.4) is 0 Å². The molecular formula is C36H37F3O6. The molecule has 4 aromatic rings. The molecule has 3 unspecified atom stereocenters. The second-order valence-corrected chi connectivity index (χ2v) is 10.8. The zero-order chi connectivity index (χ0) is 31.3. The van der Waals surface area contributed by atoms with Crippen LogP contribution in [0.15, 0.2) is 121 Å². The van der Waals surface area contributed by atoms with Crippen LogP contribution in [-0.2, 0) is 54.8 Å². The molecule has 1 heterocycles. The molecule has 0 N–H and O–H groups in total. The molecule has 1 aliphatic rings. The monoisotopic (exact) mass is 622 g/mol. The van der Waals surface area contributed by atoms with E-state index in [1.165, 1.54) is 0 Å². The van der Waals surface area contributed by atoms with Crippen LogP contribution in [0.4, 0.5) is 13.2 Å². The first-order chi connectivity index (χ1) is 21.9. The summed E-state index contributed by atoms with van der Waals surface area (Å²) in [7, 11) is 0. The molecule has 0 saturated carbocycles. The maximum absolute atomic E-state index is 13.4. The Morgan fingerprint density at radius 1 is 0.489 bits per heavy atom. The lowest BCUT2D eigenvalue weighted by atomic mass is 9.97. The molecule has 0 radical (unpaired) electrons. The summed E-state index contributed by atoms with van der Waals surface area (Å²) in [4.78, 5) is 0. The van der Waals surface area contributed by atoms with Gasteiger partial charge in [-0.25, -0.2) is 0 Å². The average Bonchev–Trinajstić information content (AvgIpc) is 3.06. The minimum atomic E-state index is -4.58. The number of hydrogen-bond donors (Lipinski definition) is 0. The molecule has 1 saturated heterocycles. The first kappa shape index (κ1) is 32.8. The van der Waals surface area contributed by atoms with Gasteiger partial charge in [-0.05, 0) is 22.3 Å². The van der Waals surface area contributed by atoms with Crippen LogP contribution in [0.25, 0.3) is 0 Å². The quantitative estimate of drug-likeness (QED) is 0.139. The molecule has 5 atom stereocenters. The predicted molar refractivity (Wildman–Crippen MR) is 162 cm³/mol. The Morgan fingerprint density at radius 3 is 1.33 bits per heavy atom. The van der Waals surface area contributed by atoms with Crippen LogP contribution in [0, 0.1) is 0 Å². The van der Waals surface area contributed by atoms with E-state index in [1.807, 2.05) is 121 Å². The Morgan fingerprint density at radius 2 is 0.889 bits per heavy atom. The second-order valence-electron chi connectivity index (χ2n) is 10.8. The highest BCUT2D eigenvalue weighted by Gasteiger charge is 2.50. The standard InChI is InChI=1S/C36H37F3O6/c37-36(38,39)26-44-35-34(43-24-30-19-11-4-12-20-30)33(42-23-29-17-9-3-10-18-29)32(41-22-28-15-7-2-8-16-28)31(45-35)25-40-21-27-13-5-1-6-14-27/h1-20,31-35H,21-26H2/t31?,32-,33?,34?,35-/m1/s1. The highest BCUT2D eigenvalue weighted by atomic mass is 19.4. The fraction of sp³-hybridized carbons (Fsp3) is 0.333. The van der Waals surface area contributed by atoms with Gasteiger partial charge in [0.15, 0.2) is 6.29 Å². The van der Waals surface area contributed by atoms with Crippen molar-refractivity contribution in [2.75, 3.05) is 13.2 Å². The fourth-order valence-corrected chi connectivity index (χ4v) is 5.06. The summed E-state index contributed by atoms with van der Waals surface area (Å²) >= 11 is 0. The lowest BCUT2D eigenvalue weighted by molar-refractivity contribution is -0.341. The molecule has 6 nitrogen and oxygen atoms in total. The van der Waals surface area contributed by atoms with Crippen molar-refractivity contribution < 1.29 is 41.6 Å². The zero-order valence-corrected chi connectivity index (χ0v) is 24.8. The highest BCUT2D eigenvalue weighted by molar-refractivity contribution is 5.16. The van der Waals surface area contributed by atoms with Crippen LogP contribution in [-0.4, -0.2) is 50.1 Å². The number of benzene rings is 4. The van der Waals surface area contributed by atoms with Crippen molar-refractivity contribution in [2.45, 2.75) is 63.3 Å². The van der Waals surface area contributed by atoms with Crippen LogP contribution in [0.2, 0.25) is 0 Å². The van der Waals surface area contributed by atoms with Crippen LogP contribution < -0.4 is 0 Å². The Bertz CT molecular complexity index is 1380. The zero-order valence-electron chi connectivity index (χ0n) is 24.8. The van der Waals surface area contributed by atoms with Crippen molar-refractivity contribution in [3.63, 3.8) is 0 Å². The summed E-state index contributed by atoms with van der Waals surface area (Å²) in [5.41, 5.74) is 3.59. The van der Waals surface area contributed by atoms with E-state index in [0.29, 0.717) is 0 Å². The molecule has 0 amide bonds. The first-order valence-corrected chi connectivity index (χ1v) is 14.9. The maximum atomic E-state index is 13.4. The molecule has 9 heteroatoms. The van der Waals surface area contributed by atoms with E-state index in [-0.39, 0.29) is 33.0 Å².